The third-order valence-corrected chi connectivity index (χ3v) is 3.51. The highest BCUT2D eigenvalue weighted by molar-refractivity contribution is 9.09. The monoisotopic (exact) mass is 271 g/mol. The molecule has 2 fully saturated rings. The third-order valence-electron chi connectivity index (χ3n) is 3.13. The molecule has 2 saturated heterocycles. The molecule has 1 atom stereocenters. The van der Waals surface area contributed by atoms with Gasteiger partial charge in [-0.15, -0.1) is 0 Å². The standard InChI is InChI=1S/C11H14BrNO2/c1-9(4-2-6-12)11-5-3-7-13(11)8-15-10(11)14/h2,4H,1,3,5-8H2/b4-2-/t11-/m1/s1. The van der Waals surface area contributed by atoms with Gasteiger partial charge in [-0.1, -0.05) is 34.7 Å². The summed E-state index contributed by atoms with van der Waals surface area (Å²) in [5.74, 6) is -0.135. The summed E-state index contributed by atoms with van der Waals surface area (Å²) in [4.78, 5) is 13.9. The predicted octanol–water partition coefficient (Wildman–Crippen LogP) is 1.84. The lowest BCUT2D eigenvalue weighted by Crippen LogP contribution is -2.44. The number of alkyl halides is 1. The van der Waals surface area contributed by atoms with Crippen LogP contribution in [0.3, 0.4) is 0 Å². The van der Waals surface area contributed by atoms with E-state index in [1.165, 1.54) is 0 Å². The van der Waals surface area contributed by atoms with Crippen molar-refractivity contribution in [1.82, 2.24) is 4.90 Å². The van der Waals surface area contributed by atoms with Gasteiger partial charge in [-0.3, -0.25) is 4.90 Å². The SMILES string of the molecule is C=C(/C=C\CBr)[C@@]12CCCN1COC2=O. The van der Waals surface area contributed by atoms with Crippen LogP contribution in [0.5, 0.6) is 0 Å². The average molecular weight is 272 g/mol. The van der Waals surface area contributed by atoms with Gasteiger partial charge in [0, 0.05) is 11.9 Å². The molecule has 0 N–H and O–H groups in total. The lowest BCUT2D eigenvalue weighted by molar-refractivity contribution is -0.141. The van der Waals surface area contributed by atoms with Gasteiger partial charge in [0.05, 0.1) is 0 Å². The summed E-state index contributed by atoms with van der Waals surface area (Å²) >= 11 is 3.31. The van der Waals surface area contributed by atoms with Crippen LogP contribution in [0.1, 0.15) is 12.8 Å². The van der Waals surface area contributed by atoms with Crippen LogP contribution in [-0.4, -0.2) is 35.0 Å². The molecule has 2 heterocycles. The zero-order chi connectivity index (χ0) is 10.9. The first-order chi connectivity index (χ1) is 7.21. The van der Waals surface area contributed by atoms with E-state index in [0.717, 1.165) is 30.3 Å². The molecule has 0 unspecified atom stereocenters. The Balaban J connectivity index is 2.26. The van der Waals surface area contributed by atoms with Crippen molar-refractivity contribution in [2.45, 2.75) is 18.4 Å². The molecule has 0 spiro atoms. The number of nitrogens with zero attached hydrogens (tertiary/aromatic N) is 1. The van der Waals surface area contributed by atoms with Crippen LogP contribution in [0.15, 0.2) is 24.3 Å². The van der Waals surface area contributed by atoms with Gasteiger partial charge >= 0.3 is 5.97 Å². The van der Waals surface area contributed by atoms with E-state index < -0.39 is 5.54 Å². The fourth-order valence-electron chi connectivity index (χ4n) is 2.36. The van der Waals surface area contributed by atoms with E-state index in [9.17, 15) is 4.79 Å². The van der Waals surface area contributed by atoms with Crippen LogP contribution < -0.4 is 0 Å². The molecular weight excluding hydrogens is 258 g/mol. The summed E-state index contributed by atoms with van der Waals surface area (Å²) in [6.07, 6.45) is 5.74. The minimum absolute atomic E-state index is 0.135. The number of fused-ring (bicyclic) bond motifs is 1. The Kier molecular flexibility index (Phi) is 2.98. The quantitative estimate of drug-likeness (QED) is 0.446. The number of carbonyl (C=O) groups is 1. The molecular formula is C11H14BrNO2. The Morgan fingerprint density at radius 3 is 3.27 bits per heavy atom. The zero-order valence-corrected chi connectivity index (χ0v) is 10.1. The maximum absolute atomic E-state index is 11.8. The molecule has 0 saturated carbocycles. The van der Waals surface area contributed by atoms with Gasteiger partial charge in [0.1, 0.15) is 12.3 Å². The molecule has 0 radical (unpaired) electrons. The highest BCUT2D eigenvalue weighted by Crippen LogP contribution is 2.40. The van der Waals surface area contributed by atoms with Gasteiger partial charge in [-0.2, -0.15) is 0 Å². The molecule has 0 amide bonds. The molecule has 0 bridgehead atoms. The molecule has 82 valence electrons. The van der Waals surface area contributed by atoms with Crippen molar-refractivity contribution in [1.29, 1.82) is 0 Å². The van der Waals surface area contributed by atoms with Crippen molar-refractivity contribution in [2.24, 2.45) is 0 Å². The molecule has 4 heteroatoms. The van der Waals surface area contributed by atoms with Crippen LogP contribution in [-0.2, 0) is 9.53 Å². The van der Waals surface area contributed by atoms with E-state index >= 15 is 0 Å². The Hall–Kier alpha value is -0.610. The number of ether oxygens (including phenoxy) is 1. The molecule has 2 aliphatic heterocycles. The lowest BCUT2D eigenvalue weighted by Gasteiger charge is -2.27. The number of halogens is 1. The fraction of sp³-hybridized carbons (Fsp3) is 0.545. The second-order valence-electron chi connectivity index (χ2n) is 3.87. The Bertz CT molecular complexity index is 327. The number of hydrogen-bond acceptors (Lipinski definition) is 3. The molecule has 0 aromatic carbocycles. The van der Waals surface area contributed by atoms with E-state index in [-0.39, 0.29) is 5.97 Å². The first kappa shape index (κ1) is 10.9. The van der Waals surface area contributed by atoms with Gasteiger partial charge in [0.2, 0.25) is 0 Å². The van der Waals surface area contributed by atoms with E-state index in [1.807, 2.05) is 12.2 Å². The summed E-state index contributed by atoms with van der Waals surface area (Å²) in [7, 11) is 0. The van der Waals surface area contributed by atoms with Crippen molar-refractivity contribution < 1.29 is 9.53 Å². The van der Waals surface area contributed by atoms with E-state index in [1.54, 1.807) is 0 Å². The molecule has 0 aromatic rings. The van der Waals surface area contributed by atoms with E-state index in [2.05, 4.69) is 27.4 Å². The van der Waals surface area contributed by atoms with E-state index in [4.69, 9.17) is 4.74 Å². The van der Waals surface area contributed by atoms with Crippen molar-refractivity contribution >= 4 is 21.9 Å². The number of rotatable bonds is 3. The van der Waals surface area contributed by atoms with Crippen molar-refractivity contribution in [2.75, 3.05) is 18.6 Å². The van der Waals surface area contributed by atoms with E-state index in [0.29, 0.717) is 6.73 Å². The molecule has 0 aliphatic carbocycles. The molecule has 2 aliphatic rings. The highest BCUT2D eigenvalue weighted by atomic mass is 79.9. The van der Waals surface area contributed by atoms with Gasteiger partial charge < -0.3 is 4.74 Å². The first-order valence-electron chi connectivity index (χ1n) is 5.06. The highest BCUT2D eigenvalue weighted by Gasteiger charge is 2.54. The summed E-state index contributed by atoms with van der Waals surface area (Å²) in [6, 6.07) is 0. The minimum atomic E-state index is -0.557. The number of allylic oxidation sites excluding steroid dienone is 1. The van der Waals surface area contributed by atoms with Crippen LogP contribution in [0.25, 0.3) is 0 Å². The van der Waals surface area contributed by atoms with Crippen LogP contribution >= 0.6 is 15.9 Å². The molecule has 3 nitrogen and oxygen atoms in total. The van der Waals surface area contributed by atoms with Crippen LogP contribution in [0, 0.1) is 0 Å². The van der Waals surface area contributed by atoms with Crippen molar-refractivity contribution in [3.63, 3.8) is 0 Å². The van der Waals surface area contributed by atoms with Gasteiger partial charge in [0.25, 0.3) is 0 Å². The Labute approximate surface area is 97.9 Å². The molecule has 0 aromatic heterocycles. The Morgan fingerprint density at radius 2 is 2.53 bits per heavy atom. The maximum Gasteiger partial charge on any atom is 0.332 e. The lowest BCUT2D eigenvalue weighted by atomic mass is 9.88. The average Bonchev–Trinajstić information content (AvgIpc) is 2.77. The minimum Gasteiger partial charge on any atom is -0.448 e. The van der Waals surface area contributed by atoms with Gasteiger partial charge in [-0.05, 0) is 18.4 Å². The van der Waals surface area contributed by atoms with Gasteiger partial charge in [-0.25, -0.2) is 4.79 Å². The molecule has 15 heavy (non-hydrogen) atoms. The second-order valence-corrected chi connectivity index (χ2v) is 4.52. The molecule has 2 rings (SSSR count). The zero-order valence-electron chi connectivity index (χ0n) is 8.54. The number of esters is 1. The fourth-order valence-corrected chi connectivity index (χ4v) is 2.54. The maximum atomic E-state index is 11.8. The van der Waals surface area contributed by atoms with Crippen molar-refractivity contribution in [3.05, 3.63) is 24.3 Å². The Morgan fingerprint density at radius 1 is 1.73 bits per heavy atom. The number of cyclic esters (lactones) is 1. The van der Waals surface area contributed by atoms with Crippen LogP contribution in [0.4, 0.5) is 0 Å². The first-order valence-corrected chi connectivity index (χ1v) is 6.18. The summed E-state index contributed by atoms with van der Waals surface area (Å²) in [5.41, 5.74) is 0.292. The third kappa shape index (κ3) is 1.56. The summed E-state index contributed by atoms with van der Waals surface area (Å²) < 4.78 is 5.10. The van der Waals surface area contributed by atoms with Crippen LogP contribution in [0.2, 0.25) is 0 Å². The number of carbonyl (C=O) groups excluding carboxylic acids is 1. The summed E-state index contributed by atoms with van der Waals surface area (Å²) in [5, 5.41) is 0.775. The second kappa shape index (κ2) is 4.10. The number of hydrogen-bond donors (Lipinski definition) is 0. The summed E-state index contributed by atoms with van der Waals surface area (Å²) in [6.45, 7) is 5.35. The predicted molar refractivity (Wildman–Crippen MR) is 61.7 cm³/mol. The largest absolute Gasteiger partial charge is 0.448 e. The topological polar surface area (TPSA) is 29.5 Å². The smallest absolute Gasteiger partial charge is 0.332 e. The van der Waals surface area contributed by atoms with Gasteiger partial charge in [0.15, 0.2) is 0 Å². The van der Waals surface area contributed by atoms with Crippen molar-refractivity contribution in [3.8, 4) is 0 Å². The normalized spacial score (nSPS) is 30.9.